The highest BCUT2D eigenvalue weighted by molar-refractivity contribution is 8.14. The fourth-order valence-electron chi connectivity index (χ4n) is 2.11. The van der Waals surface area contributed by atoms with Crippen molar-refractivity contribution in [1.82, 2.24) is 5.32 Å². The summed E-state index contributed by atoms with van der Waals surface area (Å²) in [4.78, 5) is 4.30. The quantitative estimate of drug-likeness (QED) is 0.534. The van der Waals surface area contributed by atoms with Crippen LogP contribution in [0, 0.1) is 0 Å². The lowest BCUT2D eigenvalue weighted by Crippen LogP contribution is -2.57. The SMILES string of the molecule is CCNC1=N[C@@H]2[C@@H](OS(C)(=O)=O)[C@@H](O)[C@@H](CO)O[C@@H]2S1. The summed E-state index contributed by atoms with van der Waals surface area (Å²) in [5.41, 5.74) is -0.489. The first-order chi connectivity index (χ1) is 9.35. The first kappa shape index (κ1) is 16.0. The molecule has 0 saturated carbocycles. The lowest BCUT2D eigenvalue weighted by molar-refractivity contribution is -0.156. The van der Waals surface area contributed by atoms with Crippen molar-refractivity contribution >= 4 is 27.0 Å². The van der Waals surface area contributed by atoms with E-state index in [1.807, 2.05) is 6.92 Å². The predicted octanol–water partition coefficient (Wildman–Crippen LogP) is -1.51. The van der Waals surface area contributed by atoms with Crippen molar-refractivity contribution < 1.29 is 27.6 Å². The van der Waals surface area contributed by atoms with Crippen LogP contribution in [0.2, 0.25) is 0 Å². The third-order valence-corrected chi connectivity index (χ3v) is 4.60. The predicted molar refractivity (Wildman–Crippen MR) is 74.0 cm³/mol. The van der Waals surface area contributed by atoms with Crippen LogP contribution in [0.1, 0.15) is 6.92 Å². The molecule has 5 atom stereocenters. The number of amidine groups is 1. The average Bonchev–Trinajstić information content (AvgIpc) is 2.74. The Morgan fingerprint density at radius 1 is 1.55 bits per heavy atom. The van der Waals surface area contributed by atoms with Crippen molar-refractivity contribution in [3.63, 3.8) is 0 Å². The normalized spacial score (nSPS) is 37.4. The number of hydrogen-bond acceptors (Lipinski definition) is 9. The molecule has 0 unspecified atom stereocenters. The van der Waals surface area contributed by atoms with Gasteiger partial charge >= 0.3 is 0 Å². The Balaban J connectivity index is 2.23. The minimum Gasteiger partial charge on any atom is -0.394 e. The number of thioether (sulfide) groups is 1. The summed E-state index contributed by atoms with van der Waals surface area (Å²) in [6.45, 7) is 2.14. The molecule has 0 radical (unpaired) electrons. The molecule has 0 spiro atoms. The maximum absolute atomic E-state index is 11.3. The van der Waals surface area contributed by atoms with Gasteiger partial charge in [0.15, 0.2) is 5.17 Å². The van der Waals surface area contributed by atoms with E-state index in [2.05, 4.69) is 10.3 Å². The Labute approximate surface area is 121 Å². The van der Waals surface area contributed by atoms with Crippen molar-refractivity contribution in [2.45, 2.75) is 36.7 Å². The molecule has 10 heteroatoms. The molecule has 116 valence electrons. The van der Waals surface area contributed by atoms with Crippen LogP contribution in [-0.2, 0) is 19.0 Å². The maximum atomic E-state index is 11.3. The largest absolute Gasteiger partial charge is 0.394 e. The summed E-state index contributed by atoms with van der Waals surface area (Å²) in [7, 11) is -3.75. The molecule has 2 aliphatic rings. The fourth-order valence-corrected chi connectivity index (χ4v) is 3.93. The molecule has 0 aromatic carbocycles. The zero-order valence-corrected chi connectivity index (χ0v) is 12.7. The van der Waals surface area contributed by atoms with Crippen LogP contribution in [0.15, 0.2) is 4.99 Å². The Hall–Kier alpha value is -0.390. The van der Waals surface area contributed by atoms with Gasteiger partial charge in [0.05, 0.1) is 12.9 Å². The first-order valence-corrected chi connectivity index (χ1v) is 8.86. The second-order valence-corrected chi connectivity index (χ2v) is 7.24. The summed E-state index contributed by atoms with van der Waals surface area (Å²) < 4.78 is 33.1. The van der Waals surface area contributed by atoms with Gasteiger partial charge in [-0.25, -0.2) is 0 Å². The number of rotatable bonds is 4. The molecular formula is C10H18N2O6S2. The molecule has 0 aliphatic carbocycles. The number of ether oxygens (including phenoxy) is 1. The van der Waals surface area contributed by atoms with Crippen LogP contribution in [-0.4, -0.2) is 73.0 Å². The average molecular weight is 326 g/mol. The standard InChI is InChI=1S/C10H18N2O6S2/c1-3-11-10-12-6-8(18-20(2,15)16)7(14)5(4-13)17-9(6)19-10/h5-9,13-14H,3-4H2,1-2H3,(H,11,12)/t5-,6-,7+,8-,9-/m1/s1. The smallest absolute Gasteiger partial charge is 0.264 e. The van der Waals surface area contributed by atoms with Gasteiger partial charge in [-0.3, -0.25) is 9.18 Å². The molecule has 0 amide bonds. The third kappa shape index (κ3) is 3.43. The highest BCUT2D eigenvalue weighted by Crippen LogP contribution is 2.37. The topological polar surface area (TPSA) is 117 Å². The van der Waals surface area contributed by atoms with Gasteiger partial charge in [-0.1, -0.05) is 11.8 Å². The highest BCUT2D eigenvalue weighted by Gasteiger charge is 2.50. The molecule has 8 nitrogen and oxygen atoms in total. The van der Waals surface area contributed by atoms with Gasteiger partial charge in [-0.05, 0) is 6.92 Å². The zero-order chi connectivity index (χ0) is 14.9. The number of aliphatic imine (C=N–C) groups is 1. The van der Waals surface area contributed by atoms with E-state index < -0.39 is 46.5 Å². The molecule has 1 saturated heterocycles. The molecule has 2 rings (SSSR count). The number of nitrogens with one attached hydrogen (secondary N) is 1. The third-order valence-electron chi connectivity index (χ3n) is 2.93. The van der Waals surface area contributed by atoms with E-state index >= 15 is 0 Å². The summed E-state index contributed by atoms with van der Waals surface area (Å²) in [5.74, 6) is 0. The van der Waals surface area contributed by atoms with E-state index in [0.717, 1.165) is 6.26 Å². The van der Waals surface area contributed by atoms with E-state index in [1.54, 1.807) is 0 Å². The molecule has 3 N–H and O–H groups in total. The molecule has 0 bridgehead atoms. The number of aliphatic hydroxyl groups is 2. The summed E-state index contributed by atoms with van der Waals surface area (Å²) in [6.07, 6.45) is -2.31. The van der Waals surface area contributed by atoms with Crippen molar-refractivity contribution in [1.29, 1.82) is 0 Å². The van der Waals surface area contributed by atoms with Crippen molar-refractivity contribution in [3.8, 4) is 0 Å². The van der Waals surface area contributed by atoms with Crippen molar-refractivity contribution in [3.05, 3.63) is 0 Å². The minimum atomic E-state index is -3.75. The van der Waals surface area contributed by atoms with E-state index in [4.69, 9.17) is 8.92 Å². The van der Waals surface area contributed by atoms with Gasteiger partial charge in [0.2, 0.25) is 0 Å². The van der Waals surface area contributed by atoms with Crippen LogP contribution in [0.3, 0.4) is 0 Å². The van der Waals surface area contributed by atoms with Crippen molar-refractivity contribution in [2.24, 2.45) is 4.99 Å². The molecular weight excluding hydrogens is 308 g/mol. The number of fused-ring (bicyclic) bond motifs is 1. The van der Waals surface area contributed by atoms with Crippen LogP contribution in [0.5, 0.6) is 0 Å². The van der Waals surface area contributed by atoms with E-state index in [1.165, 1.54) is 11.8 Å². The zero-order valence-electron chi connectivity index (χ0n) is 11.1. The van der Waals surface area contributed by atoms with Crippen LogP contribution in [0.4, 0.5) is 0 Å². The molecule has 0 aromatic heterocycles. The number of hydrogen-bond donors (Lipinski definition) is 3. The van der Waals surface area contributed by atoms with Gasteiger partial charge in [-0.15, -0.1) is 0 Å². The Morgan fingerprint density at radius 2 is 2.25 bits per heavy atom. The lowest BCUT2D eigenvalue weighted by Gasteiger charge is -2.39. The number of aliphatic hydroxyl groups excluding tert-OH is 2. The molecule has 20 heavy (non-hydrogen) atoms. The molecule has 0 aromatic rings. The number of nitrogens with zero attached hydrogens (tertiary/aromatic N) is 1. The van der Waals surface area contributed by atoms with Gasteiger partial charge in [0.25, 0.3) is 10.1 Å². The van der Waals surface area contributed by atoms with E-state index in [0.29, 0.717) is 11.7 Å². The van der Waals surface area contributed by atoms with Gasteiger partial charge in [0, 0.05) is 6.54 Å². The van der Waals surface area contributed by atoms with Crippen molar-refractivity contribution in [2.75, 3.05) is 19.4 Å². The molecule has 2 heterocycles. The van der Waals surface area contributed by atoms with Gasteiger partial charge < -0.3 is 20.3 Å². The first-order valence-electron chi connectivity index (χ1n) is 6.16. The summed E-state index contributed by atoms with van der Waals surface area (Å²) in [6, 6.07) is -0.637. The van der Waals surface area contributed by atoms with Crippen LogP contribution in [0.25, 0.3) is 0 Å². The Morgan fingerprint density at radius 3 is 2.80 bits per heavy atom. The van der Waals surface area contributed by atoms with Crippen LogP contribution >= 0.6 is 11.8 Å². The maximum Gasteiger partial charge on any atom is 0.264 e. The van der Waals surface area contributed by atoms with Gasteiger partial charge in [0.1, 0.15) is 29.8 Å². The summed E-state index contributed by atoms with van der Waals surface area (Å²) >= 11 is 1.29. The van der Waals surface area contributed by atoms with Gasteiger partial charge in [-0.2, -0.15) is 8.42 Å². The Bertz CT molecular complexity index is 482. The molecule has 1 fully saturated rings. The minimum absolute atomic E-state index is 0.425. The van der Waals surface area contributed by atoms with E-state index in [-0.39, 0.29) is 0 Å². The van der Waals surface area contributed by atoms with Crippen LogP contribution < -0.4 is 5.32 Å². The lowest BCUT2D eigenvalue weighted by atomic mass is 9.99. The fraction of sp³-hybridized carbons (Fsp3) is 0.900. The second kappa shape index (κ2) is 6.16. The molecule has 2 aliphatic heterocycles. The highest BCUT2D eigenvalue weighted by atomic mass is 32.2. The van der Waals surface area contributed by atoms with E-state index in [9.17, 15) is 18.6 Å². The second-order valence-electron chi connectivity index (χ2n) is 4.55. The Kier molecular flexibility index (Phi) is 4.92. The summed E-state index contributed by atoms with van der Waals surface area (Å²) in [5, 5.41) is 22.9. The monoisotopic (exact) mass is 326 g/mol.